The van der Waals surface area contributed by atoms with Gasteiger partial charge >= 0.3 is 0 Å². The number of aryl methyl sites for hydroxylation is 1. The molecule has 3 heteroatoms. The highest BCUT2D eigenvalue weighted by atomic mass is 16.5. The molecule has 0 heterocycles. The van der Waals surface area contributed by atoms with Crippen LogP contribution in [-0.4, -0.2) is 31.4 Å². The molecule has 0 aliphatic carbocycles. The van der Waals surface area contributed by atoms with Crippen molar-refractivity contribution in [3.8, 4) is 5.75 Å². The molecule has 84 valence electrons. The molecule has 0 aliphatic rings. The molecule has 15 heavy (non-hydrogen) atoms. The molecule has 0 fully saturated rings. The summed E-state index contributed by atoms with van der Waals surface area (Å²) >= 11 is 0. The molecule has 1 atom stereocenters. The molecule has 0 spiro atoms. The van der Waals surface area contributed by atoms with Gasteiger partial charge in [0.1, 0.15) is 5.75 Å². The van der Waals surface area contributed by atoms with Crippen molar-refractivity contribution in [2.45, 2.75) is 19.4 Å². The molecule has 2 N–H and O–H groups in total. The monoisotopic (exact) mass is 209 g/mol. The maximum Gasteiger partial charge on any atom is 0.119 e. The van der Waals surface area contributed by atoms with Crippen LogP contribution in [0.3, 0.4) is 0 Å². The van der Waals surface area contributed by atoms with E-state index in [0.29, 0.717) is 6.61 Å². The Morgan fingerprint density at radius 2 is 2.00 bits per heavy atom. The predicted molar refractivity (Wildman–Crippen MR) is 61.2 cm³/mol. The molecule has 1 aromatic rings. The maximum absolute atomic E-state index is 8.94. The first-order valence-corrected chi connectivity index (χ1v) is 5.24. The first-order chi connectivity index (χ1) is 7.26. The molecule has 0 aromatic heterocycles. The van der Waals surface area contributed by atoms with E-state index >= 15 is 0 Å². The van der Waals surface area contributed by atoms with Gasteiger partial charge in [0.2, 0.25) is 0 Å². The fourth-order valence-corrected chi connectivity index (χ4v) is 1.28. The van der Waals surface area contributed by atoms with Gasteiger partial charge in [-0.2, -0.15) is 0 Å². The SMILES string of the molecule is CNC(CO)CCOc1ccc(C)cc1. The van der Waals surface area contributed by atoms with Crippen LogP contribution in [0, 0.1) is 6.92 Å². The van der Waals surface area contributed by atoms with E-state index in [1.807, 2.05) is 38.2 Å². The Bertz CT molecular complexity index is 267. The second-order valence-corrected chi connectivity index (χ2v) is 3.62. The molecule has 0 radical (unpaired) electrons. The van der Waals surface area contributed by atoms with Gasteiger partial charge in [0.05, 0.1) is 13.2 Å². The lowest BCUT2D eigenvalue weighted by molar-refractivity contribution is 0.214. The lowest BCUT2D eigenvalue weighted by atomic mass is 10.2. The van der Waals surface area contributed by atoms with Crippen molar-refractivity contribution in [1.29, 1.82) is 0 Å². The predicted octanol–water partition coefficient (Wildman–Crippen LogP) is 1.34. The van der Waals surface area contributed by atoms with Crippen LogP contribution in [0.4, 0.5) is 0 Å². The standard InChI is InChI=1S/C12H19NO2/c1-10-3-5-12(6-4-10)15-8-7-11(9-14)13-2/h3-6,11,13-14H,7-9H2,1-2H3. The molecule has 0 bridgehead atoms. The van der Waals surface area contributed by atoms with Gasteiger partial charge in [-0.05, 0) is 32.5 Å². The summed E-state index contributed by atoms with van der Waals surface area (Å²) in [4.78, 5) is 0. The zero-order valence-electron chi connectivity index (χ0n) is 9.36. The third kappa shape index (κ3) is 4.32. The Morgan fingerprint density at radius 3 is 2.53 bits per heavy atom. The lowest BCUT2D eigenvalue weighted by Gasteiger charge is -2.13. The van der Waals surface area contributed by atoms with Crippen LogP contribution in [0.2, 0.25) is 0 Å². The number of aliphatic hydroxyl groups excluding tert-OH is 1. The smallest absolute Gasteiger partial charge is 0.119 e. The Hall–Kier alpha value is -1.06. The summed E-state index contributed by atoms with van der Waals surface area (Å²) in [7, 11) is 1.84. The summed E-state index contributed by atoms with van der Waals surface area (Å²) in [6.07, 6.45) is 0.806. The van der Waals surface area contributed by atoms with Crippen molar-refractivity contribution in [1.82, 2.24) is 5.32 Å². The van der Waals surface area contributed by atoms with E-state index in [1.165, 1.54) is 5.56 Å². The largest absolute Gasteiger partial charge is 0.494 e. The van der Waals surface area contributed by atoms with E-state index in [2.05, 4.69) is 5.32 Å². The van der Waals surface area contributed by atoms with E-state index in [0.717, 1.165) is 12.2 Å². The second-order valence-electron chi connectivity index (χ2n) is 3.62. The third-order valence-electron chi connectivity index (χ3n) is 2.38. The minimum absolute atomic E-state index is 0.121. The van der Waals surface area contributed by atoms with Crippen LogP contribution < -0.4 is 10.1 Å². The highest BCUT2D eigenvalue weighted by Gasteiger charge is 2.03. The van der Waals surface area contributed by atoms with E-state index in [4.69, 9.17) is 9.84 Å². The molecule has 0 saturated carbocycles. The van der Waals surface area contributed by atoms with Gasteiger partial charge in [-0.25, -0.2) is 0 Å². The molecule has 0 amide bonds. The average molecular weight is 209 g/mol. The molecule has 1 aromatic carbocycles. The van der Waals surface area contributed by atoms with Gasteiger partial charge in [0.15, 0.2) is 0 Å². The maximum atomic E-state index is 8.94. The van der Waals surface area contributed by atoms with Crippen LogP contribution in [0.1, 0.15) is 12.0 Å². The number of hydrogen-bond acceptors (Lipinski definition) is 3. The fourth-order valence-electron chi connectivity index (χ4n) is 1.28. The Morgan fingerprint density at radius 1 is 1.33 bits per heavy atom. The molecule has 1 unspecified atom stereocenters. The van der Waals surface area contributed by atoms with E-state index in [9.17, 15) is 0 Å². The number of aliphatic hydroxyl groups is 1. The minimum Gasteiger partial charge on any atom is -0.494 e. The average Bonchev–Trinajstić information content (AvgIpc) is 2.27. The molecular weight excluding hydrogens is 190 g/mol. The summed E-state index contributed by atoms with van der Waals surface area (Å²) in [5.41, 5.74) is 1.23. The minimum atomic E-state index is 0.121. The van der Waals surface area contributed by atoms with Crippen LogP contribution in [0.5, 0.6) is 5.75 Å². The molecular formula is C12H19NO2. The van der Waals surface area contributed by atoms with Gasteiger partial charge in [-0.15, -0.1) is 0 Å². The van der Waals surface area contributed by atoms with Gasteiger partial charge < -0.3 is 15.2 Å². The van der Waals surface area contributed by atoms with Gasteiger partial charge in [-0.3, -0.25) is 0 Å². The summed E-state index contributed by atoms with van der Waals surface area (Å²) in [6, 6.07) is 8.09. The van der Waals surface area contributed by atoms with Crippen LogP contribution in [-0.2, 0) is 0 Å². The number of benzene rings is 1. The summed E-state index contributed by atoms with van der Waals surface area (Å²) in [5.74, 6) is 0.883. The zero-order chi connectivity index (χ0) is 11.1. The Kier molecular flexibility index (Phi) is 5.15. The first kappa shape index (κ1) is 12.0. The number of nitrogens with one attached hydrogen (secondary N) is 1. The summed E-state index contributed by atoms with van der Waals surface area (Å²) in [6.45, 7) is 2.81. The number of hydrogen-bond donors (Lipinski definition) is 2. The topological polar surface area (TPSA) is 41.5 Å². The van der Waals surface area contributed by atoms with Crippen LogP contribution in [0.25, 0.3) is 0 Å². The van der Waals surface area contributed by atoms with Crippen molar-refractivity contribution in [2.24, 2.45) is 0 Å². The first-order valence-electron chi connectivity index (χ1n) is 5.24. The molecule has 1 rings (SSSR count). The lowest BCUT2D eigenvalue weighted by Crippen LogP contribution is -2.30. The summed E-state index contributed by atoms with van der Waals surface area (Å²) in [5, 5.41) is 12.0. The zero-order valence-corrected chi connectivity index (χ0v) is 9.36. The van der Waals surface area contributed by atoms with Crippen molar-refractivity contribution in [3.05, 3.63) is 29.8 Å². The Balaban J connectivity index is 2.28. The third-order valence-corrected chi connectivity index (χ3v) is 2.38. The van der Waals surface area contributed by atoms with E-state index in [-0.39, 0.29) is 12.6 Å². The van der Waals surface area contributed by atoms with Crippen molar-refractivity contribution < 1.29 is 9.84 Å². The van der Waals surface area contributed by atoms with Crippen LogP contribution >= 0.6 is 0 Å². The quantitative estimate of drug-likeness (QED) is 0.743. The highest BCUT2D eigenvalue weighted by Crippen LogP contribution is 2.11. The highest BCUT2D eigenvalue weighted by molar-refractivity contribution is 5.26. The normalized spacial score (nSPS) is 12.5. The fraction of sp³-hybridized carbons (Fsp3) is 0.500. The Labute approximate surface area is 91.1 Å². The van der Waals surface area contributed by atoms with E-state index in [1.54, 1.807) is 0 Å². The number of likely N-dealkylation sites (N-methyl/N-ethyl adjacent to an activating group) is 1. The molecule has 3 nitrogen and oxygen atoms in total. The van der Waals surface area contributed by atoms with Crippen molar-refractivity contribution >= 4 is 0 Å². The molecule has 0 saturated heterocycles. The molecule has 0 aliphatic heterocycles. The number of ether oxygens (including phenoxy) is 1. The van der Waals surface area contributed by atoms with Gasteiger partial charge in [0, 0.05) is 6.04 Å². The van der Waals surface area contributed by atoms with Crippen LogP contribution in [0.15, 0.2) is 24.3 Å². The summed E-state index contributed by atoms with van der Waals surface area (Å²) < 4.78 is 5.54. The number of rotatable bonds is 6. The van der Waals surface area contributed by atoms with Gasteiger partial charge in [-0.1, -0.05) is 17.7 Å². The van der Waals surface area contributed by atoms with Gasteiger partial charge in [0.25, 0.3) is 0 Å². The van der Waals surface area contributed by atoms with Crippen molar-refractivity contribution in [2.75, 3.05) is 20.3 Å². The second kappa shape index (κ2) is 6.43. The van der Waals surface area contributed by atoms with Crippen molar-refractivity contribution in [3.63, 3.8) is 0 Å². The van der Waals surface area contributed by atoms with E-state index < -0.39 is 0 Å².